The van der Waals surface area contributed by atoms with Crippen molar-refractivity contribution in [2.24, 2.45) is 0 Å². The Morgan fingerprint density at radius 2 is 1.83 bits per heavy atom. The van der Waals surface area contributed by atoms with Crippen molar-refractivity contribution in [1.29, 1.82) is 0 Å². The Balaban J connectivity index is 1.26. The number of aliphatic hydroxyl groups is 1. The molecule has 5 rings (SSSR count). The Morgan fingerprint density at radius 3 is 2.54 bits per heavy atom. The molecule has 0 spiro atoms. The number of aromatic amines is 1. The molecule has 12 heteroatoms. The minimum atomic E-state index is -0.670. The number of amides is 1. The summed E-state index contributed by atoms with van der Waals surface area (Å²) >= 11 is 0. The number of pyridine rings is 3. The molecular formula is C29H28FN9O2. The van der Waals surface area contributed by atoms with Crippen LogP contribution in [0.5, 0.6) is 0 Å². The summed E-state index contributed by atoms with van der Waals surface area (Å²) in [6, 6.07) is 10.3. The molecule has 0 saturated carbocycles. The van der Waals surface area contributed by atoms with E-state index in [1.165, 1.54) is 12.3 Å². The van der Waals surface area contributed by atoms with Crippen LogP contribution in [0.4, 0.5) is 16.0 Å². The third kappa shape index (κ3) is 6.39. The molecule has 5 aromatic rings. The summed E-state index contributed by atoms with van der Waals surface area (Å²) in [7, 11) is 0. The second-order valence-electron chi connectivity index (χ2n) is 9.64. The average molecular weight is 554 g/mol. The first-order chi connectivity index (χ1) is 19.7. The number of rotatable bonds is 8. The van der Waals surface area contributed by atoms with Crippen molar-refractivity contribution in [1.82, 2.24) is 40.4 Å². The Bertz CT molecular complexity index is 1720. The van der Waals surface area contributed by atoms with Gasteiger partial charge in [-0.25, -0.2) is 14.4 Å². The fourth-order valence-electron chi connectivity index (χ4n) is 4.16. The zero-order valence-electron chi connectivity index (χ0n) is 22.9. The fraction of sp³-hybridized carbons (Fsp3) is 0.207. The van der Waals surface area contributed by atoms with Crippen molar-refractivity contribution in [2.75, 3.05) is 5.32 Å². The van der Waals surface area contributed by atoms with Crippen molar-refractivity contribution in [3.8, 4) is 22.6 Å². The van der Waals surface area contributed by atoms with Gasteiger partial charge in [0, 0.05) is 53.6 Å². The minimum Gasteiger partial charge on any atom is -0.387 e. The number of anilines is 2. The lowest BCUT2D eigenvalue weighted by molar-refractivity contribution is 0.0945. The summed E-state index contributed by atoms with van der Waals surface area (Å²) in [6.45, 7) is 7.33. The summed E-state index contributed by atoms with van der Waals surface area (Å²) in [5.74, 6) is 0.723. The molecule has 5 heterocycles. The molecule has 0 aliphatic rings. The molecule has 208 valence electrons. The maximum absolute atomic E-state index is 13.6. The average Bonchev–Trinajstić information content (AvgIpc) is 3.42. The Kier molecular flexibility index (Phi) is 7.74. The van der Waals surface area contributed by atoms with Gasteiger partial charge in [0.2, 0.25) is 0 Å². The molecule has 1 unspecified atom stereocenters. The Labute approximate surface area is 235 Å². The number of H-pyrrole nitrogens is 1. The number of hydrogen-bond acceptors (Lipinski definition) is 9. The molecule has 5 aromatic heterocycles. The van der Waals surface area contributed by atoms with Crippen LogP contribution < -0.4 is 10.6 Å². The van der Waals surface area contributed by atoms with Gasteiger partial charge in [0.05, 0.1) is 23.7 Å². The highest BCUT2D eigenvalue weighted by molar-refractivity contribution is 5.94. The number of halogens is 1. The van der Waals surface area contributed by atoms with Crippen LogP contribution in [0.15, 0.2) is 55.0 Å². The van der Waals surface area contributed by atoms with E-state index in [4.69, 9.17) is 0 Å². The van der Waals surface area contributed by atoms with E-state index in [0.717, 1.165) is 11.3 Å². The highest BCUT2D eigenvalue weighted by Crippen LogP contribution is 2.23. The van der Waals surface area contributed by atoms with E-state index in [-0.39, 0.29) is 18.1 Å². The van der Waals surface area contributed by atoms with Crippen LogP contribution >= 0.6 is 0 Å². The molecule has 0 radical (unpaired) electrons. The molecule has 0 fully saturated rings. The summed E-state index contributed by atoms with van der Waals surface area (Å²) < 4.78 is 13.6. The Morgan fingerprint density at radius 1 is 1.00 bits per heavy atom. The van der Waals surface area contributed by atoms with Crippen molar-refractivity contribution < 1.29 is 14.3 Å². The first-order valence-corrected chi connectivity index (χ1v) is 12.8. The zero-order valence-corrected chi connectivity index (χ0v) is 22.9. The topological polar surface area (TPSA) is 154 Å². The molecule has 0 aliphatic heterocycles. The lowest BCUT2D eigenvalue weighted by Gasteiger charge is -2.10. The highest BCUT2D eigenvalue weighted by Gasteiger charge is 2.15. The van der Waals surface area contributed by atoms with Gasteiger partial charge in [-0.05, 0) is 57.0 Å². The van der Waals surface area contributed by atoms with E-state index >= 15 is 0 Å². The predicted octanol–water partition coefficient (Wildman–Crippen LogP) is 4.51. The minimum absolute atomic E-state index is 0.245. The SMILES string of the molecule is Cc1cc(Nc2cc(C(C)O)[nH]n2)nc(-c2cnc(C(=O)NCc3ccc(-c4cc(F)cnc4C)nc3)c(C)c2)n1. The Hall–Kier alpha value is -5.10. The van der Waals surface area contributed by atoms with E-state index in [2.05, 4.69) is 45.8 Å². The molecular weight excluding hydrogens is 525 g/mol. The predicted molar refractivity (Wildman–Crippen MR) is 151 cm³/mol. The number of aryl methyl sites for hydroxylation is 3. The van der Waals surface area contributed by atoms with Gasteiger partial charge in [-0.15, -0.1) is 0 Å². The van der Waals surface area contributed by atoms with Gasteiger partial charge < -0.3 is 15.7 Å². The van der Waals surface area contributed by atoms with E-state index in [0.29, 0.717) is 51.2 Å². The maximum atomic E-state index is 13.6. The number of hydrogen-bond donors (Lipinski definition) is 4. The number of carbonyl (C=O) groups excluding carboxylic acids is 1. The van der Waals surface area contributed by atoms with E-state index in [9.17, 15) is 14.3 Å². The van der Waals surface area contributed by atoms with Crippen molar-refractivity contribution in [2.45, 2.75) is 40.3 Å². The molecule has 0 bridgehead atoms. The zero-order chi connectivity index (χ0) is 29.1. The van der Waals surface area contributed by atoms with Gasteiger partial charge in [-0.1, -0.05) is 6.07 Å². The summed E-state index contributed by atoms with van der Waals surface area (Å²) in [5.41, 5.74) is 5.59. The van der Waals surface area contributed by atoms with Gasteiger partial charge in [0.15, 0.2) is 11.6 Å². The van der Waals surface area contributed by atoms with Gasteiger partial charge >= 0.3 is 0 Å². The highest BCUT2D eigenvalue weighted by atomic mass is 19.1. The molecule has 1 amide bonds. The van der Waals surface area contributed by atoms with Crippen LogP contribution in [-0.2, 0) is 6.54 Å². The number of aliphatic hydroxyl groups excluding tert-OH is 1. The van der Waals surface area contributed by atoms with Gasteiger partial charge in [-0.2, -0.15) is 5.10 Å². The molecule has 0 aromatic carbocycles. The maximum Gasteiger partial charge on any atom is 0.270 e. The molecule has 0 saturated heterocycles. The molecule has 0 aliphatic carbocycles. The number of nitrogens with one attached hydrogen (secondary N) is 3. The fourth-order valence-corrected chi connectivity index (χ4v) is 4.16. The normalized spacial score (nSPS) is 11.8. The molecule has 1 atom stereocenters. The first-order valence-electron chi connectivity index (χ1n) is 12.8. The number of nitrogens with zero attached hydrogens (tertiary/aromatic N) is 6. The van der Waals surface area contributed by atoms with Crippen molar-refractivity contribution >= 4 is 17.5 Å². The molecule has 4 N–H and O–H groups in total. The van der Waals surface area contributed by atoms with Crippen LogP contribution in [0.1, 0.15) is 51.7 Å². The number of aromatic nitrogens is 7. The largest absolute Gasteiger partial charge is 0.387 e. The molecule has 11 nitrogen and oxygen atoms in total. The third-order valence-electron chi connectivity index (χ3n) is 6.32. The summed E-state index contributed by atoms with van der Waals surface area (Å²) in [6.07, 6.45) is 3.70. The van der Waals surface area contributed by atoms with Crippen LogP contribution in [-0.4, -0.2) is 46.1 Å². The van der Waals surface area contributed by atoms with Gasteiger partial charge in [0.25, 0.3) is 5.91 Å². The van der Waals surface area contributed by atoms with Crippen LogP contribution in [0.2, 0.25) is 0 Å². The first kappa shape index (κ1) is 27.5. The second-order valence-corrected chi connectivity index (χ2v) is 9.64. The van der Waals surface area contributed by atoms with Crippen LogP contribution in [0.3, 0.4) is 0 Å². The van der Waals surface area contributed by atoms with E-state index in [1.54, 1.807) is 51.4 Å². The van der Waals surface area contributed by atoms with Gasteiger partial charge in [-0.3, -0.25) is 24.8 Å². The smallest absolute Gasteiger partial charge is 0.270 e. The number of carbonyl (C=O) groups is 1. The van der Waals surface area contributed by atoms with Crippen molar-refractivity contribution in [3.05, 3.63) is 94.7 Å². The van der Waals surface area contributed by atoms with Crippen molar-refractivity contribution in [3.63, 3.8) is 0 Å². The monoisotopic (exact) mass is 553 g/mol. The lowest BCUT2D eigenvalue weighted by atomic mass is 10.1. The summed E-state index contributed by atoms with van der Waals surface area (Å²) in [4.78, 5) is 34.8. The lowest BCUT2D eigenvalue weighted by Crippen LogP contribution is -2.24. The second kappa shape index (κ2) is 11.6. The van der Waals surface area contributed by atoms with Crippen LogP contribution in [0.25, 0.3) is 22.6 Å². The van der Waals surface area contributed by atoms with E-state index in [1.807, 2.05) is 19.1 Å². The molecule has 41 heavy (non-hydrogen) atoms. The quantitative estimate of drug-likeness (QED) is 0.217. The summed E-state index contributed by atoms with van der Waals surface area (Å²) in [5, 5.41) is 22.6. The van der Waals surface area contributed by atoms with E-state index < -0.39 is 11.9 Å². The van der Waals surface area contributed by atoms with Crippen LogP contribution in [0, 0.1) is 26.6 Å². The third-order valence-corrected chi connectivity index (χ3v) is 6.32. The standard InChI is InChI=1S/C29H28FN9O2/c1-15-7-20(28-35-16(2)8-25(37-28)36-26-10-24(18(4)40)38-39-26)13-33-27(15)29(41)34-12-19-5-6-23(32-11-19)22-9-21(30)14-31-17(22)3/h5-11,13-14,18,40H,12H2,1-4H3,(H,34,41)(H2,35,36,37,38,39). The van der Waals surface area contributed by atoms with Gasteiger partial charge in [0.1, 0.15) is 17.3 Å².